The van der Waals surface area contributed by atoms with Crippen molar-refractivity contribution in [2.24, 2.45) is 0 Å². The molecule has 0 spiro atoms. The molecule has 0 saturated carbocycles. The maximum absolute atomic E-state index is 12.9. The van der Waals surface area contributed by atoms with Crippen LogP contribution in [-0.4, -0.2) is 26.5 Å². The Morgan fingerprint density at radius 1 is 0.939 bits per heavy atom. The zero-order chi connectivity index (χ0) is 24.0. The number of methoxy groups -OCH3 is 2. The van der Waals surface area contributed by atoms with Crippen LogP contribution in [0.2, 0.25) is 10.0 Å². The molecule has 7 heteroatoms. The van der Waals surface area contributed by atoms with Crippen LogP contribution < -0.4 is 9.47 Å². The lowest BCUT2D eigenvalue weighted by Crippen LogP contribution is -2.15. The van der Waals surface area contributed by atoms with Crippen molar-refractivity contribution in [2.75, 3.05) is 14.2 Å². The number of aryl methyl sites for hydroxylation is 1. The van der Waals surface area contributed by atoms with Gasteiger partial charge in [-0.1, -0.05) is 48.3 Å². The molecule has 3 rings (SSSR count). The minimum atomic E-state index is -0.703. The van der Waals surface area contributed by atoms with E-state index < -0.39 is 12.1 Å². The number of esters is 1. The van der Waals surface area contributed by atoms with Crippen molar-refractivity contribution in [3.63, 3.8) is 0 Å². The average Bonchev–Trinajstić information content (AvgIpc) is 2.84. The van der Waals surface area contributed by atoms with Gasteiger partial charge < -0.3 is 14.2 Å². The summed E-state index contributed by atoms with van der Waals surface area (Å²) in [7, 11) is 3.08. The number of halogens is 2. The number of ether oxygens (including phenoxy) is 3. The first-order valence-electron chi connectivity index (χ1n) is 10.3. The van der Waals surface area contributed by atoms with Crippen molar-refractivity contribution in [1.29, 1.82) is 0 Å². The van der Waals surface area contributed by atoms with Gasteiger partial charge in [0.1, 0.15) is 12.4 Å². The summed E-state index contributed by atoms with van der Waals surface area (Å²) in [5.74, 6) is 0.522. The minimum absolute atomic E-state index is 0.259. The summed E-state index contributed by atoms with van der Waals surface area (Å²) >= 11 is 13.1. The smallest absolute Gasteiger partial charge is 0.338 e. The van der Waals surface area contributed by atoms with Crippen LogP contribution in [0, 0.1) is 0 Å². The third-order valence-electron chi connectivity index (χ3n) is 5.31. The molecule has 0 radical (unpaired) electrons. The predicted octanol–water partition coefficient (Wildman–Crippen LogP) is 6.53. The van der Waals surface area contributed by atoms with Gasteiger partial charge in [0.2, 0.25) is 0 Å². The van der Waals surface area contributed by atoms with E-state index in [1.165, 1.54) is 7.11 Å². The van der Waals surface area contributed by atoms with Crippen molar-refractivity contribution in [3.05, 3.63) is 92.5 Å². The zero-order valence-electron chi connectivity index (χ0n) is 18.6. The molecule has 0 aliphatic carbocycles. The Kier molecular flexibility index (Phi) is 8.37. The summed E-state index contributed by atoms with van der Waals surface area (Å²) in [6.07, 6.45) is 1.07. The fourth-order valence-electron chi connectivity index (χ4n) is 3.42. The maximum Gasteiger partial charge on any atom is 0.338 e. The minimum Gasteiger partial charge on any atom is -0.493 e. The highest BCUT2D eigenvalue weighted by Crippen LogP contribution is 2.36. The van der Waals surface area contributed by atoms with E-state index in [0.717, 1.165) is 12.0 Å². The lowest BCUT2D eigenvalue weighted by Gasteiger charge is -2.21. The summed E-state index contributed by atoms with van der Waals surface area (Å²) < 4.78 is 16.6. The van der Waals surface area contributed by atoms with Gasteiger partial charge in [0.15, 0.2) is 11.5 Å². The molecule has 0 aliphatic heterocycles. The summed E-state index contributed by atoms with van der Waals surface area (Å²) in [6, 6.07) is 15.3. The maximum atomic E-state index is 12.9. The molecule has 0 N–H and O–H groups in total. The second-order valence-electron chi connectivity index (χ2n) is 7.34. The topological polar surface area (TPSA) is 61.8 Å². The van der Waals surface area contributed by atoms with Crippen LogP contribution in [0.15, 0.2) is 54.6 Å². The molecule has 0 aromatic heterocycles. The molecule has 0 bridgehead atoms. The Morgan fingerprint density at radius 3 is 2.12 bits per heavy atom. The van der Waals surface area contributed by atoms with Gasteiger partial charge in [-0.2, -0.15) is 0 Å². The summed E-state index contributed by atoms with van der Waals surface area (Å²) in [4.78, 5) is 23.8. The van der Waals surface area contributed by atoms with E-state index in [4.69, 9.17) is 37.4 Å². The van der Waals surface area contributed by atoms with Crippen LogP contribution in [0.4, 0.5) is 0 Å². The van der Waals surface area contributed by atoms with Gasteiger partial charge in [-0.15, -0.1) is 0 Å². The quantitative estimate of drug-likeness (QED) is 0.254. The molecule has 3 aromatic rings. The van der Waals surface area contributed by atoms with Crippen molar-refractivity contribution in [3.8, 4) is 11.5 Å². The first-order chi connectivity index (χ1) is 15.9. The fraction of sp³-hybridized carbons (Fsp3) is 0.231. The molecule has 172 valence electrons. The highest BCUT2D eigenvalue weighted by atomic mass is 35.5. The summed E-state index contributed by atoms with van der Waals surface area (Å²) in [5.41, 5.74) is 3.18. The number of rotatable bonds is 9. The average molecular weight is 487 g/mol. The molecule has 0 fully saturated rings. The molecule has 1 atom stereocenters. The highest BCUT2D eigenvalue weighted by molar-refractivity contribution is 6.36. The van der Waals surface area contributed by atoms with Crippen LogP contribution in [0.1, 0.15) is 50.4 Å². The number of hydrogen-bond acceptors (Lipinski definition) is 5. The second kappa shape index (κ2) is 11.2. The van der Waals surface area contributed by atoms with Crippen LogP contribution in [0.25, 0.3) is 0 Å². The first-order valence-corrected chi connectivity index (χ1v) is 11.1. The Bertz CT molecular complexity index is 1120. The largest absolute Gasteiger partial charge is 0.493 e. The molecule has 33 heavy (non-hydrogen) atoms. The van der Waals surface area contributed by atoms with Crippen LogP contribution in [-0.2, 0) is 17.6 Å². The lowest BCUT2D eigenvalue weighted by molar-refractivity contribution is 0.0297. The van der Waals surface area contributed by atoms with Gasteiger partial charge in [0, 0.05) is 22.0 Å². The van der Waals surface area contributed by atoms with E-state index in [-0.39, 0.29) is 6.42 Å². The third-order valence-corrected chi connectivity index (χ3v) is 5.98. The molecule has 0 aliphatic rings. The first kappa shape index (κ1) is 24.6. The molecule has 0 heterocycles. The van der Waals surface area contributed by atoms with Gasteiger partial charge >= 0.3 is 5.97 Å². The zero-order valence-corrected chi connectivity index (χ0v) is 20.1. The molecule has 0 amide bonds. The van der Waals surface area contributed by atoms with E-state index in [1.54, 1.807) is 49.6 Å². The molecule has 0 saturated heterocycles. The molecule has 5 nitrogen and oxygen atoms in total. The Morgan fingerprint density at radius 2 is 1.58 bits per heavy atom. The number of aldehydes is 1. The van der Waals surface area contributed by atoms with E-state index in [2.05, 4.69) is 0 Å². The van der Waals surface area contributed by atoms with E-state index in [9.17, 15) is 9.59 Å². The van der Waals surface area contributed by atoms with Crippen molar-refractivity contribution in [2.45, 2.75) is 25.9 Å². The molecule has 1 unspecified atom stereocenters. The number of benzene rings is 3. The SMILES string of the molecule is CCc1cc(Cl)c(CC(OC(=O)c2ccc(C=O)cc2)c2ccc(OC)c(OC)c2)c(Cl)c1. The van der Waals surface area contributed by atoms with Crippen molar-refractivity contribution >= 4 is 35.5 Å². The molecular weight excluding hydrogens is 463 g/mol. The second-order valence-corrected chi connectivity index (χ2v) is 8.16. The Hall–Kier alpha value is -3.02. The van der Waals surface area contributed by atoms with Crippen LogP contribution >= 0.6 is 23.2 Å². The van der Waals surface area contributed by atoms with Gasteiger partial charge in [-0.25, -0.2) is 4.79 Å². The fourth-order valence-corrected chi connectivity index (χ4v) is 4.10. The number of carbonyl (C=O) groups is 2. The molecule has 3 aromatic carbocycles. The standard InChI is InChI=1S/C26H24Cl2O5/c1-4-16-11-21(27)20(22(28)12-16)14-24(19-9-10-23(31-2)25(13-19)32-3)33-26(30)18-7-5-17(15-29)6-8-18/h5-13,15,24H,4,14H2,1-3H3. The normalized spacial score (nSPS) is 11.5. The van der Waals surface area contributed by atoms with E-state index in [0.29, 0.717) is 50.1 Å². The Balaban J connectivity index is 1.99. The van der Waals surface area contributed by atoms with E-state index >= 15 is 0 Å². The summed E-state index contributed by atoms with van der Waals surface area (Å²) in [6.45, 7) is 2.02. The highest BCUT2D eigenvalue weighted by Gasteiger charge is 2.23. The van der Waals surface area contributed by atoms with Gasteiger partial charge in [-0.3, -0.25) is 4.79 Å². The lowest BCUT2D eigenvalue weighted by atomic mass is 9.99. The monoisotopic (exact) mass is 486 g/mol. The molecular formula is C26H24Cl2O5. The van der Waals surface area contributed by atoms with Crippen molar-refractivity contribution < 1.29 is 23.8 Å². The van der Waals surface area contributed by atoms with Gasteiger partial charge in [0.05, 0.1) is 19.8 Å². The Labute approximate surface area is 203 Å². The predicted molar refractivity (Wildman–Crippen MR) is 129 cm³/mol. The van der Waals surface area contributed by atoms with Crippen LogP contribution in [0.5, 0.6) is 11.5 Å². The van der Waals surface area contributed by atoms with Crippen LogP contribution in [0.3, 0.4) is 0 Å². The van der Waals surface area contributed by atoms with Gasteiger partial charge in [-0.05, 0) is 59.5 Å². The van der Waals surface area contributed by atoms with Gasteiger partial charge in [0.25, 0.3) is 0 Å². The summed E-state index contributed by atoms with van der Waals surface area (Å²) in [5, 5.41) is 1.02. The number of hydrogen-bond donors (Lipinski definition) is 0. The van der Waals surface area contributed by atoms with E-state index in [1.807, 2.05) is 19.1 Å². The third kappa shape index (κ3) is 5.86. The number of carbonyl (C=O) groups excluding carboxylic acids is 2. The van der Waals surface area contributed by atoms with Crippen molar-refractivity contribution in [1.82, 2.24) is 0 Å².